The fourth-order valence-corrected chi connectivity index (χ4v) is 4.04. The summed E-state index contributed by atoms with van der Waals surface area (Å²) >= 11 is 0. The summed E-state index contributed by atoms with van der Waals surface area (Å²) in [5, 5.41) is 10.9. The second-order valence-corrected chi connectivity index (χ2v) is 7.81. The van der Waals surface area contributed by atoms with E-state index in [0.29, 0.717) is 45.8 Å². The van der Waals surface area contributed by atoms with E-state index in [2.05, 4.69) is 38.8 Å². The van der Waals surface area contributed by atoms with Crippen molar-refractivity contribution in [3.05, 3.63) is 59.8 Å². The molecule has 0 bridgehead atoms. The third kappa shape index (κ3) is 4.52. The van der Waals surface area contributed by atoms with Crippen LogP contribution in [0.15, 0.2) is 43.0 Å². The highest BCUT2D eigenvalue weighted by Gasteiger charge is 2.27. The number of H-pyrrole nitrogens is 1. The number of methoxy groups -OCH3 is 2. The van der Waals surface area contributed by atoms with Gasteiger partial charge in [0.05, 0.1) is 30.7 Å². The first-order chi connectivity index (χ1) is 16.4. The lowest BCUT2D eigenvalue weighted by atomic mass is 10.1. The fourth-order valence-electron chi connectivity index (χ4n) is 4.04. The van der Waals surface area contributed by atoms with Crippen LogP contribution in [0, 0.1) is 11.8 Å². The number of amides is 2. The van der Waals surface area contributed by atoms with Crippen LogP contribution in [0.2, 0.25) is 0 Å². The van der Waals surface area contributed by atoms with Gasteiger partial charge in [0.2, 0.25) is 5.91 Å². The number of carbonyl (C=O) groups excluding carboxylic acids is 2. The fraction of sp³-hybridized carbons (Fsp3) is 0.240. The Bertz CT molecular complexity index is 1310. The molecule has 2 aromatic carbocycles. The van der Waals surface area contributed by atoms with Gasteiger partial charge in [0, 0.05) is 36.4 Å². The van der Waals surface area contributed by atoms with Crippen molar-refractivity contribution in [1.82, 2.24) is 15.5 Å². The molecule has 1 saturated heterocycles. The average Bonchev–Trinajstić information content (AvgIpc) is 3.49. The zero-order chi connectivity index (χ0) is 24.2. The number of anilines is 1. The smallest absolute Gasteiger partial charge is 0.250 e. The van der Waals surface area contributed by atoms with Gasteiger partial charge < -0.3 is 25.4 Å². The number of ether oxygens (including phenoxy) is 2. The number of aromatic amines is 1. The number of hydrogen-bond donors (Lipinski definition) is 3. The third-order valence-corrected chi connectivity index (χ3v) is 5.70. The van der Waals surface area contributed by atoms with E-state index < -0.39 is 5.91 Å². The Morgan fingerprint density at radius 2 is 1.97 bits per heavy atom. The van der Waals surface area contributed by atoms with Gasteiger partial charge in [-0.2, -0.15) is 5.10 Å². The van der Waals surface area contributed by atoms with Gasteiger partial charge in [0.25, 0.3) is 5.91 Å². The maximum Gasteiger partial charge on any atom is 0.250 e. The minimum atomic E-state index is -0.560. The number of nitrogens with one attached hydrogen (secondary N) is 2. The standard InChI is InChI=1S/C25H25N5O4/c1-4-22(31)27-16-9-10-30(14-16)21-8-6-19(25(26)32)24-23(21)20(28-29-24)7-5-15-11-17(33-2)13-18(12-15)34-3/h4,6,8,11-13,16H,1,9-10,14H2,2-3H3,(H2,26,32)(H,27,31)(H,28,29)/t16-/m1/s1. The van der Waals surface area contributed by atoms with E-state index in [1.54, 1.807) is 38.5 Å². The molecule has 1 aliphatic heterocycles. The molecule has 34 heavy (non-hydrogen) atoms. The van der Waals surface area contributed by atoms with Crippen molar-refractivity contribution in [2.45, 2.75) is 12.5 Å². The predicted molar refractivity (Wildman–Crippen MR) is 129 cm³/mol. The molecular formula is C25H25N5O4. The quantitative estimate of drug-likeness (QED) is 0.383. The van der Waals surface area contributed by atoms with Crippen LogP contribution in [0.25, 0.3) is 10.9 Å². The summed E-state index contributed by atoms with van der Waals surface area (Å²) in [7, 11) is 3.15. The molecule has 0 unspecified atom stereocenters. The average molecular weight is 460 g/mol. The number of carbonyl (C=O) groups is 2. The van der Waals surface area contributed by atoms with Crippen LogP contribution in [0.1, 0.15) is 28.0 Å². The normalized spacial score (nSPS) is 14.9. The molecular weight excluding hydrogens is 434 g/mol. The summed E-state index contributed by atoms with van der Waals surface area (Å²) in [5.41, 5.74) is 8.47. The monoisotopic (exact) mass is 459 g/mol. The van der Waals surface area contributed by atoms with Gasteiger partial charge in [-0.25, -0.2) is 0 Å². The van der Waals surface area contributed by atoms with Crippen molar-refractivity contribution in [3.8, 4) is 23.3 Å². The molecule has 1 aliphatic rings. The van der Waals surface area contributed by atoms with Gasteiger partial charge in [-0.05, 0) is 42.7 Å². The first kappa shape index (κ1) is 22.7. The molecule has 1 fully saturated rings. The van der Waals surface area contributed by atoms with Gasteiger partial charge in [-0.15, -0.1) is 0 Å². The summed E-state index contributed by atoms with van der Waals surface area (Å²) < 4.78 is 10.6. The molecule has 4 N–H and O–H groups in total. The van der Waals surface area contributed by atoms with Crippen molar-refractivity contribution in [2.24, 2.45) is 5.73 Å². The molecule has 9 nitrogen and oxygen atoms in total. The number of primary amides is 1. The van der Waals surface area contributed by atoms with Crippen molar-refractivity contribution >= 4 is 28.4 Å². The van der Waals surface area contributed by atoms with E-state index in [1.165, 1.54) is 6.08 Å². The van der Waals surface area contributed by atoms with Crippen molar-refractivity contribution < 1.29 is 19.1 Å². The van der Waals surface area contributed by atoms with Gasteiger partial charge >= 0.3 is 0 Å². The summed E-state index contributed by atoms with van der Waals surface area (Å²) in [5.74, 6) is 6.69. The van der Waals surface area contributed by atoms with Crippen LogP contribution in [-0.4, -0.2) is 55.4 Å². The molecule has 2 heterocycles. The Morgan fingerprint density at radius 1 is 1.24 bits per heavy atom. The topological polar surface area (TPSA) is 123 Å². The maximum atomic E-state index is 12.0. The number of rotatable bonds is 6. The highest BCUT2D eigenvalue weighted by atomic mass is 16.5. The van der Waals surface area contributed by atoms with E-state index in [4.69, 9.17) is 15.2 Å². The molecule has 1 aromatic heterocycles. The number of benzene rings is 2. The Morgan fingerprint density at radius 3 is 2.62 bits per heavy atom. The third-order valence-electron chi connectivity index (χ3n) is 5.70. The SMILES string of the molecule is C=CC(=O)N[C@@H]1CCN(c2ccc(C(N)=O)c3[nH]nc(C#Cc4cc(OC)cc(OC)c4)c23)C1. The Kier molecular flexibility index (Phi) is 6.41. The first-order valence-electron chi connectivity index (χ1n) is 10.7. The number of nitrogens with zero attached hydrogens (tertiary/aromatic N) is 2. The zero-order valence-electron chi connectivity index (χ0n) is 19.0. The first-order valence-corrected chi connectivity index (χ1v) is 10.7. The van der Waals surface area contributed by atoms with Crippen LogP contribution in [0.4, 0.5) is 5.69 Å². The Balaban J connectivity index is 1.76. The summed E-state index contributed by atoms with van der Waals surface area (Å²) in [6, 6.07) is 8.87. The van der Waals surface area contributed by atoms with Crippen LogP contribution in [-0.2, 0) is 4.79 Å². The van der Waals surface area contributed by atoms with Crippen molar-refractivity contribution in [3.63, 3.8) is 0 Å². The van der Waals surface area contributed by atoms with Gasteiger partial charge in [0.15, 0.2) is 0 Å². The second-order valence-electron chi connectivity index (χ2n) is 7.81. The minimum absolute atomic E-state index is 0.0120. The maximum absolute atomic E-state index is 12.0. The van der Waals surface area contributed by atoms with E-state index in [0.717, 1.165) is 18.7 Å². The molecule has 0 radical (unpaired) electrons. The number of fused-ring (bicyclic) bond motifs is 1. The zero-order valence-corrected chi connectivity index (χ0v) is 19.0. The summed E-state index contributed by atoms with van der Waals surface area (Å²) in [6.45, 7) is 4.83. The van der Waals surface area contributed by atoms with Crippen LogP contribution in [0.3, 0.4) is 0 Å². The van der Waals surface area contributed by atoms with Gasteiger partial charge in [0.1, 0.15) is 17.2 Å². The predicted octanol–water partition coefficient (Wildman–Crippen LogP) is 1.96. The summed E-state index contributed by atoms with van der Waals surface area (Å²) in [4.78, 5) is 25.9. The van der Waals surface area contributed by atoms with Crippen LogP contribution in [0.5, 0.6) is 11.5 Å². The minimum Gasteiger partial charge on any atom is -0.497 e. The molecule has 0 saturated carbocycles. The van der Waals surface area contributed by atoms with E-state index in [-0.39, 0.29) is 11.9 Å². The lowest BCUT2D eigenvalue weighted by Gasteiger charge is -2.20. The van der Waals surface area contributed by atoms with E-state index in [9.17, 15) is 9.59 Å². The van der Waals surface area contributed by atoms with Gasteiger partial charge in [-0.3, -0.25) is 14.7 Å². The second kappa shape index (κ2) is 9.58. The van der Waals surface area contributed by atoms with Crippen LogP contribution >= 0.6 is 0 Å². The molecule has 3 aromatic rings. The van der Waals surface area contributed by atoms with Crippen LogP contribution < -0.4 is 25.4 Å². The van der Waals surface area contributed by atoms with Crippen molar-refractivity contribution in [1.29, 1.82) is 0 Å². The molecule has 0 spiro atoms. The lowest BCUT2D eigenvalue weighted by molar-refractivity contribution is -0.117. The number of aromatic nitrogens is 2. The number of hydrogen-bond acceptors (Lipinski definition) is 6. The van der Waals surface area contributed by atoms with E-state index in [1.807, 2.05) is 6.07 Å². The Hall–Kier alpha value is -4.45. The van der Waals surface area contributed by atoms with Crippen molar-refractivity contribution in [2.75, 3.05) is 32.2 Å². The molecule has 9 heteroatoms. The largest absolute Gasteiger partial charge is 0.497 e. The molecule has 1 atom stereocenters. The van der Waals surface area contributed by atoms with E-state index >= 15 is 0 Å². The molecule has 4 rings (SSSR count). The molecule has 2 amide bonds. The highest BCUT2D eigenvalue weighted by molar-refractivity contribution is 6.09. The molecule has 0 aliphatic carbocycles. The number of nitrogens with two attached hydrogens (primary N) is 1. The van der Waals surface area contributed by atoms with Gasteiger partial charge in [-0.1, -0.05) is 12.5 Å². The Labute approximate surface area is 196 Å². The highest BCUT2D eigenvalue weighted by Crippen LogP contribution is 2.33. The summed E-state index contributed by atoms with van der Waals surface area (Å²) in [6.07, 6.45) is 2.04. The molecule has 174 valence electrons. The lowest BCUT2D eigenvalue weighted by Crippen LogP contribution is -2.36.